The third kappa shape index (κ3) is 8.67. The van der Waals surface area contributed by atoms with E-state index < -0.39 is 12.8 Å². The molecule has 1 N–H and O–H groups in total. The van der Waals surface area contributed by atoms with Crippen LogP contribution in [0, 0.1) is 11.7 Å². The fraction of sp³-hybridized carbons (Fsp3) is 0.600. The lowest BCUT2D eigenvalue weighted by Crippen LogP contribution is -2.22. The third-order valence-corrected chi connectivity index (χ3v) is 3.10. The van der Waals surface area contributed by atoms with E-state index in [1.807, 2.05) is 7.05 Å². The van der Waals surface area contributed by atoms with Crippen LogP contribution >= 0.6 is 0 Å². The zero-order valence-corrected chi connectivity index (χ0v) is 12.0. The van der Waals surface area contributed by atoms with Crippen molar-refractivity contribution < 1.29 is 22.3 Å². The van der Waals surface area contributed by atoms with Gasteiger partial charge in [0, 0.05) is 6.61 Å². The standard InChI is InChI=1S/C15H21F4NO/c1-20-10-13(3-2-8-21-11-15(17,18)19)9-12-4-6-14(16)7-5-12/h4-7,13,20H,2-3,8-11H2,1H3. The summed E-state index contributed by atoms with van der Waals surface area (Å²) in [7, 11) is 1.83. The molecule has 1 atom stereocenters. The van der Waals surface area contributed by atoms with Gasteiger partial charge in [-0.3, -0.25) is 0 Å². The lowest BCUT2D eigenvalue weighted by Gasteiger charge is -2.17. The molecule has 6 heteroatoms. The van der Waals surface area contributed by atoms with Gasteiger partial charge >= 0.3 is 6.18 Å². The van der Waals surface area contributed by atoms with Crippen LogP contribution in [0.3, 0.4) is 0 Å². The van der Waals surface area contributed by atoms with Crippen LogP contribution in [0.1, 0.15) is 18.4 Å². The zero-order chi connectivity index (χ0) is 15.7. The van der Waals surface area contributed by atoms with Crippen molar-refractivity contribution in [1.29, 1.82) is 0 Å². The van der Waals surface area contributed by atoms with Crippen molar-refractivity contribution in [3.8, 4) is 0 Å². The highest BCUT2D eigenvalue weighted by Crippen LogP contribution is 2.17. The molecule has 0 amide bonds. The van der Waals surface area contributed by atoms with Crippen molar-refractivity contribution in [2.24, 2.45) is 5.92 Å². The maximum atomic E-state index is 12.8. The van der Waals surface area contributed by atoms with Crippen molar-refractivity contribution in [3.05, 3.63) is 35.6 Å². The summed E-state index contributed by atoms with van der Waals surface area (Å²) in [5, 5.41) is 3.07. The Morgan fingerprint density at radius 3 is 2.43 bits per heavy atom. The Kier molecular flexibility index (Phi) is 7.67. The first-order valence-corrected chi connectivity index (χ1v) is 6.94. The first-order valence-electron chi connectivity index (χ1n) is 6.94. The Balaban J connectivity index is 2.31. The average Bonchev–Trinajstić information content (AvgIpc) is 2.40. The SMILES string of the molecule is CNCC(CCCOCC(F)(F)F)Cc1ccc(F)cc1. The first kappa shape index (κ1) is 17.9. The number of alkyl halides is 3. The highest BCUT2D eigenvalue weighted by atomic mass is 19.4. The van der Waals surface area contributed by atoms with Crippen LogP contribution in [0.15, 0.2) is 24.3 Å². The number of benzene rings is 1. The molecule has 0 aliphatic heterocycles. The lowest BCUT2D eigenvalue weighted by atomic mass is 9.95. The molecule has 0 aromatic heterocycles. The van der Waals surface area contributed by atoms with E-state index in [9.17, 15) is 17.6 Å². The number of nitrogens with one attached hydrogen (secondary N) is 1. The van der Waals surface area contributed by atoms with Gasteiger partial charge in [0.05, 0.1) is 0 Å². The smallest absolute Gasteiger partial charge is 0.372 e. The van der Waals surface area contributed by atoms with Crippen LogP contribution in [0.25, 0.3) is 0 Å². The van der Waals surface area contributed by atoms with Gasteiger partial charge in [-0.25, -0.2) is 4.39 Å². The summed E-state index contributed by atoms with van der Waals surface area (Å²) in [4.78, 5) is 0. The minimum absolute atomic E-state index is 0.100. The molecule has 0 heterocycles. The molecule has 21 heavy (non-hydrogen) atoms. The van der Waals surface area contributed by atoms with E-state index in [2.05, 4.69) is 10.1 Å². The van der Waals surface area contributed by atoms with E-state index in [-0.39, 0.29) is 18.3 Å². The van der Waals surface area contributed by atoms with Crippen molar-refractivity contribution >= 4 is 0 Å². The average molecular weight is 307 g/mol. The van der Waals surface area contributed by atoms with Crippen molar-refractivity contribution in [3.63, 3.8) is 0 Å². The van der Waals surface area contributed by atoms with Gasteiger partial charge in [0.2, 0.25) is 0 Å². The van der Waals surface area contributed by atoms with Gasteiger partial charge in [0.15, 0.2) is 0 Å². The molecule has 0 saturated carbocycles. The number of hydrogen-bond acceptors (Lipinski definition) is 2. The monoisotopic (exact) mass is 307 g/mol. The van der Waals surface area contributed by atoms with E-state index in [1.54, 1.807) is 12.1 Å². The normalized spacial score (nSPS) is 13.4. The molecule has 120 valence electrons. The van der Waals surface area contributed by atoms with Gasteiger partial charge in [-0.1, -0.05) is 12.1 Å². The predicted octanol–water partition coefficient (Wildman–Crippen LogP) is 3.56. The van der Waals surface area contributed by atoms with Gasteiger partial charge in [0.1, 0.15) is 12.4 Å². The Bertz CT molecular complexity index is 392. The summed E-state index contributed by atoms with van der Waals surface area (Å²) in [5.74, 6) is 0.0133. The van der Waals surface area contributed by atoms with Gasteiger partial charge in [-0.2, -0.15) is 13.2 Å². The molecule has 0 radical (unpaired) electrons. The Morgan fingerprint density at radius 1 is 1.19 bits per heavy atom. The van der Waals surface area contributed by atoms with Crippen molar-refractivity contribution in [1.82, 2.24) is 5.32 Å². The van der Waals surface area contributed by atoms with Crippen LogP contribution in [0.4, 0.5) is 17.6 Å². The molecule has 2 nitrogen and oxygen atoms in total. The fourth-order valence-electron chi connectivity index (χ4n) is 2.18. The van der Waals surface area contributed by atoms with Crippen LogP contribution in [0.5, 0.6) is 0 Å². The molecule has 0 aliphatic carbocycles. The van der Waals surface area contributed by atoms with Crippen molar-refractivity contribution in [2.75, 3.05) is 26.8 Å². The second kappa shape index (κ2) is 9.00. The molecule has 1 aromatic rings. The Morgan fingerprint density at radius 2 is 1.86 bits per heavy atom. The summed E-state index contributed by atoms with van der Waals surface area (Å²) in [6.45, 7) is -0.332. The molecule has 0 saturated heterocycles. The lowest BCUT2D eigenvalue weighted by molar-refractivity contribution is -0.174. The molecule has 1 rings (SSSR count). The number of hydrogen-bond donors (Lipinski definition) is 1. The number of rotatable bonds is 9. The highest BCUT2D eigenvalue weighted by Gasteiger charge is 2.27. The Hall–Kier alpha value is -1.14. The zero-order valence-electron chi connectivity index (χ0n) is 12.0. The minimum atomic E-state index is -4.27. The van der Waals surface area contributed by atoms with Gasteiger partial charge in [-0.15, -0.1) is 0 Å². The largest absolute Gasteiger partial charge is 0.411 e. The molecule has 1 aromatic carbocycles. The molecule has 1 unspecified atom stereocenters. The number of halogens is 4. The summed E-state index contributed by atoms with van der Waals surface area (Å²) in [5.41, 5.74) is 1.02. The summed E-state index contributed by atoms with van der Waals surface area (Å²) < 4.78 is 53.2. The molecule has 0 bridgehead atoms. The molecule has 0 fully saturated rings. The summed E-state index contributed by atoms with van der Waals surface area (Å²) in [6, 6.07) is 6.30. The van der Waals surface area contributed by atoms with Crippen LogP contribution in [-0.4, -0.2) is 33.0 Å². The van der Waals surface area contributed by atoms with Crippen LogP contribution < -0.4 is 5.32 Å². The second-order valence-electron chi connectivity index (χ2n) is 5.06. The van der Waals surface area contributed by atoms with Gasteiger partial charge in [-0.05, 0) is 56.5 Å². The molecule has 0 aliphatic rings. The van der Waals surface area contributed by atoms with Crippen LogP contribution in [-0.2, 0) is 11.2 Å². The van der Waals surface area contributed by atoms with E-state index in [4.69, 9.17) is 0 Å². The first-order chi connectivity index (χ1) is 9.90. The molecule has 0 spiro atoms. The van der Waals surface area contributed by atoms with E-state index in [0.717, 1.165) is 24.9 Å². The maximum Gasteiger partial charge on any atom is 0.411 e. The summed E-state index contributed by atoms with van der Waals surface area (Å²) >= 11 is 0. The fourth-order valence-corrected chi connectivity index (χ4v) is 2.18. The Labute approximate surface area is 122 Å². The van der Waals surface area contributed by atoms with E-state index in [0.29, 0.717) is 6.42 Å². The minimum Gasteiger partial charge on any atom is -0.372 e. The van der Waals surface area contributed by atoms with Gasteiger partial charge in [0.25, 0.3) is 0 Å². The van der Waals surface area contributed by atoms with Crippen molar-refractivity contribution in [2.45, 2.75) is 25.4 Å². The van der Waals surface area contributed by atoms with Gasteiger partial charge < -0.3 is 10.1 Å². The summed E-state index contributed by atoms with van der Waals surface area (Å²) in [6.07, 6.45) is -2.17. The third-order valence-electron chi connectivity index (χ3n) is 3.10. The second-order valence-corrected chi connectivity index (χ2v) is 5.06. The van der Waals surface area contributed by atoms with E-state index >= 15 is 0 Å². The highest BCUT2D eigenvalue weighted by molar-refractivity contribution is 5.16. The van der Waals surface area contributed by atoms with E-state index in [1.165, 1.54) is 12.1 Å². The quantitative estimate of drug-likeness (QED) is 0.556. The number of ether oxygens (including phenoxy) is 1. The molecular weight excluding hydrogens is 286 g/mol. The maximum absolute atomic E-state index is 12.8. The molecular formula is C15H21F4NO. The van der Waals surface area contributed by atoms with Crippen LogP contribution in [0.2, 0.25) is 0 Å². The predicted molar refractivity (Wildman–Crippen MR) is 73.6 cm³/mol. The topological polar surface area (TPSA) is 21.3 Å².